The first-order valence-corrected chi connectivity index (χ1v) is 13.8. The number of hydrogen-bond acceptors (Lipinski definition) is 8. The van der Waals surface area contributed by atoms with Crippen LogP contribution in [0.1, 0.15) is 47.3 Å². The van der Waals surface area contributed by atoms with E-state index in [0.717, 1.165) is 35.0 Å². The van der Waals surface area contributed by atoms with Gasteiger partial charge in [0.25, 0.3) is 11.8 Å². The highest BCUT2D eigenvalue weighted by molar-refractivity contribution is 7.15. The van der Waals surface area contributed by atoms with Crippen LogP contribution in [-0.4, -0.2) is 70.1 Å². The number of nitrogens with two attached hydrogens (primary N) is 1. The van der Waals surface area contributed by atoms with Crippen LogP contribution in [0.3, 0.4) is 0 Å². The van der Waals surface area contributed by atoms with E-state index >= 15 is 0 Å². The summed E-state index contributed by atoms with van der Waals surface area (Å²) in [6, 6.07) is 13.1. The Morgan fingerprint density at radius 3 is 2.65 bits per heavy atom. The molecule has 3 aromatic rings. The van der Waals surface area contributed by atoms with Crippen LogP contribution in [0.2, 0.25) is 0 Å². The molecule has 4 N–H and O–H groups in total. The first-order valence-electron chi connectivity index (χ1n) is 13.0. The van der Waals surface area contributed by atoms with Crippen LogP contribution < -0.4 is 11.1 Å². The predicted octanol–water partition coefficient (Wildman–Crippen LogP) is 4.25. The Balaban J connectivity index is 1.63. The maximum Gasteiger partial charge on any atom is 0.268 e. The van der Waals surface area contributed by atoms with E-state index in [9.17, 15) is 14.9 Å². The van der Waals surface area contributed by atoms with E-state index in [0.29, 0.717) is 29.5 Å². The van der Waals surface area contributed by atoms with Crippen molar-refractivity contribution in [3.05, 3.63) is 64.0 Å². The third kappa shape index (κ3) is 5.83. The van der Waals surface area contributed by atoms with Gasteiger partial charge in [-0.2, -0.15) is 5.26 Å². The summed E-state index contributed by atoms with van der Waals surface area (Å²) in [5, 5.41) is 20.3. The number of benzene rings is 1. The average molecular weight is 559 g/mol. The van der Waals surface area contributed by atoms with Crippen molar-refractivity contribution in [2.45, 2.75) is 38.3 Å². The fraction of sp³-hybridized carbons (Fsp3) is 0.345. The number of fused-ring (bicyclic) bond motifs is 1. The average Bonchev–Trinajstić information content (AvgIpc) is 3.57. The number of nitrogens with zero attached hydrogens (tertiary/aromatic N) is 5. The summed E-state index contributed by atoms with van der Waals surface area (Å²) in [5.74, 6) is -0.219. The number of amides is 2. The Hall–Kier alpha value is -4.27. The van der Waals surface area contributed by atoms with Gasteiger partial charge < -0.3 is 25.5 Å². The van der Waals surface area contributed by atoms with Crippen molar-refractivity contribution in [2.75, 3.05) is 32.5 Å². The Bertz CT molecular complexity index is 1540. The number of aromatic nitrogens is 2. The Morgan fingerprint density at radius 2 is 1.98 bits per heavy atom. The molecule has 4 rings (SSSR count). The molecule has 208 valence electrons. The van der Waals surface area contributed by atoms with E-state index in [4.69, 9.17) is 16.1 Å². The van der Waals surface area contributed by atoms with Gasteiger partial charge in [-0.05, 0) is 71.1 Å². The Labute approximate surface area is 237 Å². The molecule has 3 heterocycles. The summed E-state index contributed by atoms with van der Waals surface area (Å²) in [5.41, 5.74) is 7.37. The maximum atomic E-state index is 13.5. The highest BCUT2D eigenvalue weighted by Gasteiger charge is 2.31. The smallest absolute Gasteiger partial charge is 0.268 e. The summed E-state index contributed by atoms with van der Waals surface area (Å²) >= 11 is 1.24. The second kappa shape index (κ2) is 11.9. The highest BCUT2D eigenvalue weighted by atomic mass is 32.1. The van der Waals surface area contributed by atoms with Gasteiger partial charge in [-0.1, -0.05) is 12.1 Å². The molecule has 0 aliphatic carbocycles. The van der Waals surface area contributed by atoms with Crippen molar-refractivity contribution >= 4 is 51.9 Å². The molecule has 1 fully saturated rings. The number of nitrogens with one attached hydrogen (secondary N) is 2. The number of carbonyl (C=O) groups excluding carboxylic acids is 2. The van der Waals surface area contributed by atoms with Gasteiger partial charge in [0.2, 0.25) is 5.95 Å². The number of likely N-dealkylation sites (tertiary alicyclic amines) is 1. The molecule has 2 amide bonds. The van der Waals surface area contributed by atoms with Crippen molar-refractivity contribution in [3.63, 3.8) is 0 Å². The predicted molar refractivity (Wildman–Crippen MR) is 159 cm³/mol. The number of hydrogen-bond donors (Lipinski definition) is 3. The zero-order valence-electron chi connectivity index (χ0n) is 23.1. The molecule has 0 spiro atoms. The minimum absolute atomic E-state index is 0.118. The Kier molecular flexibility index (Phi) is 8.52. The van der Waals surface area contributed by atoms with Crippen molar-refractivity contribution in [1.29, 1.82) is 10.7 Å². The molecule has 11 heteroatoms. The normalized spacial score (nSPS) is 16.7. The van der Waals surface area contributed by atoms with Crippen LogP contribution in [0.25, 0.3) is 16.6 Å². The molecule has 2 aromatic heterocycles. The Morgan fingerprint density at radius 1 is 1.25 bits per heavy atom. The SMILES string of the molecule is CN(C)C(C)(C)/C=C(\C#N)C(=O)N1CCCC(n2c(NC(=O)c3ccc(/C(C=N)=C/N)s3)nc3ccccc32)C1. The largest absolute Gasteiger partial charge is 0.404 e. The van der Waals surface area contributed by atoms with E-state index in [2.05, 4.69) is 11.4 Å². The van der Waals surface area contributed by atoms with Crippen LogP contribution in [0.15, 0.2) is 54.2 Å². The van der Waals surface area contributed by atoms with Crippen LogP contribution in [0.4, 0.5) is 5.95 Å². The molecule has 1 saturated heterocycles. The highest BCUT2D eigenvalue weighted by Crippen LogP contribution is 2.32. The first-order chi connectivity index (χ1) is 19.1. The van der Waals surface area contributed by atoms with E-state index in [1.54, 1.807) is 23.1 Å². The minimum Gasteiger partial charge on any atom is -0.404 e. The molecule has 0 saturated carbocycles. The van der Waals surface area contributed by atoms with Gasteiger partial charge in [-0.25, -0.2) is 4.98 Å². The quantitative estimate of drug-likeness (QED) is 0.214. The topological polar surface area (TPSA) is 144 Å². The molecule has 0 radical (unpaired) electrons. The maximum absolute atomic E-state index is 13.5. The molecule has 1 aliphatic rings. The zero-order chi connectivity index (χ0) is 29.0. The summed E-state index contributed by atoms with van der Waals surface area (Å²) in [4.78, 5) is 36.3. The van der Waals surface area contributed by atoms with Crippen molar-refractivity contribution in [3.8, 4) is 6.07 Å². The fourth-order valence-corrected chi connectivity index (χ4v) is 5.52. The van der Waals surface area contributed by atoms with Gasteiger partial charge in [-0.15, -0.1) is 11.3 Å². The number of nitriles is 1. The van der Waals surface area contributed by atoms with Crippen LogP contribution in [0, 0.1) is 16.7 Å². The number of para-hydroxylation sites is 2. The second-order valence-electron chi connectivity index (χ2n) is 10.4. The molecule has 40 heavy (non-hydrogen) atoms. The molecule has 1 unspecified atom stereocenters. The van der Waals surface area contributed by atoms with E-state index < -0.39 is 5.54 Å². The number of rotatable bonds is 8. The van der Waals surface area contributed by atoms with Crippen molar-refractivity contribution in [2.24, 2.45) is 5.73 Å². The fourth-order valence-electron chi connectivity index (χ4n) is 4.63. The number of thiophene rings is 1. The summed E-state index contributed by atoms with van der Waals surface area (Å²) < 4.78 is 1.99. The summed E-state index contributed by atoms with van der Waals surface area (Å²) in [6.45, 7) is 4.85. The van der Waals surface area contributed by atoms with Crippen LogP contribution in [0.5, 0.6) is 0 Å². The number of anilines is 1. The third-order valence-corrected chi connectivity index (χ3v) is 8.45. The van der Waals surface area contributed by atoms with Gasteiger partial charge in [-0.3, -0.25) is 14.9 Å². The molecule has 0 bridgehead atoms. The van der Waals surface area contributed by atoms with Crippen LogP contribution in [-0.2, 0) is 4.79 Å². The standard InChI is InChI=1S/C29H34N8O2S/c1-29(2,35(3)4)14-19(15-30)27(39)36-13-7-8-21(18-36)37-23-10-6-5-9-22(23)33-28(37)34-26(38)25-12-11-24(40-25)20(16-31)17-32/h5-6,9-12,14,16-17,21,31H,7-8,13,18,32H2,1-4H3,(H,33,34,38)/b19-14+,20-17+,31-16?. The number of piperidine rings is 1. The van der Waals surface area contributed by atoms with Crippen molar-refractivity contribution in [1.82, 2.24) is 19.4 Å². The molecule has 1 aromatic carbocycles. The van der Waals surface area contributed by atoms with Gasteiger partial charge in [0.05, 0.1) is 22.0 Å². The molecular formula is C29H34N8O2S. The van der Waals surface area contributed by atoms with Gasteiger partial charge in [0.15, 0.2) is 0 Å². The van der Waals surface area contributed by atoms with Gasteiger partial charge in [0.1, 0.15) is 11.6 Å². The summed E-state index contributed by atoms with van der Waals surface area (Å²) in [7, 11) is 3.82. The lowest BCUT2D eigenvalue weighted by Gasteiger charge is -2.35. The number of carbonyl (C=O) groups is 2. The van der Waals surface area contributed by atoms with E-state index in [1.165, 1.54) is 17.5 Å². The molecule has 1 aliphatic heterocycles. The third-order valence-electron chi connectivity index (χ3n) is 7.32. The number of likely N-dealkylation sites (N-methyl/N-ethyl adjacent to an activating group) is 1. The van der Waals surface area contributed by atoms with Crippen molar-refractivity contribution < 1.29 is 9.59 Å². The lowest BCUT2D eigenvalue weighted by molar-refractivity contribution is -0.128. The van der Waals surface area contributed by atoms with Crippen LogP contribution >= 0.6 is 11.3 Å². The molecular weight excluding hydrogens is 524 g/mol. The second-order valence-corrected chi connectivity index (χ2v) is 11.5. The van der Waals surface area contributed by atoms with E-state index in [1.807, 2.05) is 61.7 Å². The lowest BCUT2D eigenvalue weighted by atomic mass is 9.98. The molecule has 1 atom stereocenters. The van der Waals surface area contributed by atoms with E-state index in [-0.39, 0.29) is 23.4 Å². The minimum atomic E-state index is -0.463. The first kappa shape index (κ1) is 28.7. The monoisotopic (exact) mass is 558 g/mol. The lowest BCUT2D eigenvalue weighted by Crippen LogP contribution is -2.42. The summed E-state index contributed by atoms with van der Waals surface area (Å²) in [6.07, 6.45) is 5.74. The number of allylic oxidation sites excluding steroid dienone is 1. The van der Waals surface area contributed by atoms with Gasteiger partial charge in [0, 0.05) is 41.5 Å². The number of imidazole rings is 1. The van der Waals surface area contributed by atoms with Gasteiger partial charge >= 0.3 is 0 Å². The zero-order valence-corrected chi connectivity index (χ0v) is 24.0. The molecule has 10 nitrogen and oxygen atoms in total.